The number of carbonyl (C=O) groups is 3. The number of ether oxygens (including phenoxy) is 3. The van der Waals surface area contributed by atoms with Crippen molar-refractivity contribution in [1.29, 1.82) is 0 Å². The third kappa shape index (κ3) is 50.7. The van der Waals surface area contributed by atoms with Crippen LogP contribution in [-0.2, 0) is 28.6 Å². The van der Waals surface area contributed by atoms with E-state index >= 15 is 0 Å². The first-order valence-corrected chi connectivity index (χ1v) is 26.2. The fourth-order valence-corrected chi connectivity index (χ4v) is 6.76. The summed E-state index contributed by atoms with van der Waals surface area (Å²) in [7, 11) is 0. The highest BCUT2D eigenvalue weighted by atomic mass is 16.6. The van der Waals surface area contributed by atoms with E-state index in [1.54, 1.807) is 0 Å². The molecule has 65 heavy (non-hydrogen) atoms. The van der Waals surface area contributed by atoms with Crippen LogP contribution in [0.2, 0.25) is 0 Å². The molecule has 0 radical (unpaired) electrons. The first kappa shape index (κ1) is 60.8. The molecule has 6 heteroatoms. The van der Waals surface area contributed by atoms with Crippen molar-refractivity contribution in [2.24, 2.45) is 0 Å². The van der Waals surface area contributed by atoms with E-state index in [1.807, 2.05) is 60.8 Å². The lowest BCUT2D eigenvalue weighted by atomic mass is 10.1. The van der Waals surface area contributed by atoms with Crippen LogP contribution in [0.25, 0.3) is 0 Å². The highest BCUT2D eigenvalue weighted by molar-refractivity contribution is 5.71. The predicted molar refractivity (Wildman–Crippen MR) is 279 cm³/mol. The number of hydrogen-bond donors (Lipinski definition) is 0. The smallest absolute Gasteiger partial charge is 0.306 e. The average Bonchev–Trinajstić information content (AvgIpc) is 3.30. The summed E-state index contributed by atoms with van der Waals surface area (Å²) in [5, 5.41) is 0. The van der Waals surface area contributed by atoms with Gasteiger partial charge in [0.05, 0.1) is 0 Å². The summed E-state index contributed by atoms with van der Waals surface area (Å²) in [6, 6.07) is 0. The van der Waals surface area contributed by atoms with Gasteiger partial charge < -0.3 is 14.2 Å². The van der Waals surface area contributed by atoms with E-state index < -0.39 is 6.10 Å². The topological polar surface area (TPSA) is 78.9 Å². The second-order valence-electron chi connectivity index (χ2n) is 16.9. The van der Waals surface area contributed by atoms with Crippen LogP contribution in [0.1, 0.15) is 213 Å². The van der Waals surface area contributed by atoms with Crippen molar-refractivity contribution in [3.05, 3.63) is 122 Å². The predicted octanol–water partition coefficient (Wildman–Crippen LogP) is 17.3. The van der Waals surface area contributed by atoms with Crippen LogP contribution >= 0.6 is 0 Å². The third-order valence-corrected chi connectivity index (χ3v) is 10.7. The Bertz CT molecular complexity index is 1400. The lowest BCUT2D eigenvalue weighted by Gasteiger charge is -2.18. The van der Waals surface area contributed by atoms with Crippen LogP contribution in [0.4, 0.5) is 0 Å². The fourth-order valence-electron chi connectivity index (χ4n) is 6.76. The van der Waals surface area contributed by atoms with Gasteiger partial charge in [-0.25, -0.2) is 0 Å². The Labute approximate surface area is 399 Å². The van der Waals surface area contributed by atoms with Gasteiger partial charge in [0.25, 0.3) is 0 Å². The normalized spacial score (nSPS) is 13.1. The molecule has 0 aliphatic heterocycles. The molecular formula is C59H94O6. The molecule has 0 bridgehead atoms. The summed E-state index contributed by atoms with van der Waals surface area (Å²) >= 11 is 0. The second-order valence-corrected chi connectivity index (χ2v) is 16.9. The molecule has 0 N–H and O–H groups in total. The molecule has 0 saturated carbocycles. The molecule has 0 aromatic heterocycles. The van der Waals surface area contributed by atoms with E-state index in [0.717, 1.165) is 96.3 Å². The van der Waals surface area contributed by atoms with Gasteiger partial charge in [-0.15, -0.1) is 0 Å². The molecule has 0 saturated heterocycles. The Hall–Kier alpha value is -4.19. The van der Waals surface area contributed by atoms with Gasteiger partial charge >= 0.3 is 17.9 Å². The second kappa shape index (κ2) is 52.4. The zero-order valence-electron chi connectivity index (χ0n) is 41.7. The van der Waals surface area contributed by atoms with Gasteiger partial charge in [0.1, 0.15) is 13.2 Å². The molecule has 0 amide bonds. The first-order chi connectivity index (χ1) is 32.0. The largest absolute Gasteiger partial charge is 0.462 e. The number of carbonyl (C=O) groups excluding carboxylic acids is 3. The zero-order valence-corrected chi connectivity index (χ0v) is 41.7. The number of hydrogen-bond acceptors (Lipinski definition) is 6. The van der Waals surface area contributed by atoms with Crippen LogP contribution in [-0.4, -0.2) is 37.2 Å². The van der Waals surface area contributed by atoms with E-state index in [-0.39, 0.29) is 31.1 Å². The molecule has 0 aliphatic rings. The number of rotatable bonds is 45. The SMILES string of the molecule is CC/C=C/C=C/C=C/C=C/C=C/C=C/CCCCCC(=O)OCC(COC(=O)CCCCCCC/C=C/C=C/C=C/CC)OC(=O)CCCCCCCCC/C=C/CCCCCCCC. The summed E-state index contributed by atoms with van der Waals surface area (Å²) in [6.45, 7) is 6.28. The van der Waals surface area contributed by atoms with Crippen molar-refractivity contribution in [3.63, 3.8) is 0 Å². The minimum atomic E-state index is -0.810. The Morgan fingerprint density at radius 1 is 0.323 bits per heavy atom. The molecule has 1 unspecified atom stereocenters. The molecular weight excluding hydrogens is 805 g/mol. The minimum absolute atomic E-state index is 0.108. The van der Waals surface area contributed by atoms with Crippen LogP contribution in [0, 0.1) is 0 Å². The minimum Gasteiger partial charge on any atom is -0.462 e. The van der Waals surface area contributed by atoms with Crippen molar-refractivity contribution in [1.82, 2.24) is 0 Å². The van der Waals surface area contributed by atoms with Crippen LogP contribution in [0.15, 0.2) is 122 Å². The van der Waals surface area contributed by atoms with Crippen molar-refractivity contribution in [3.8, 4) is 0 Å². The lowest BCUT2D eigenvalue weighted by molar-refractivity contribution is -0.167. The summed E-state index contributed by atoms with van der Waals surface area (Å²) in [6.07, 6.45) is 71.8. The summed E-state index contributed by atoms with van der Waals surface area (Å²) in [5.41, 5.74) is 0. The zero-order chi connectivity index (χ0) is 47.2. The molecule has 0 fully saturated rings. The molecule has 6 nitrogen and oxygen atoms in total. The summed E-state index contributed by atoms with van der Waals surface area (Å²) < 4.78 is 16.8. The van der Waals surface area contributed by atoms with Gasteiger partial charge in [-0.1, -0.05) is 232 Å². The van der Waals surface area contributed by atoms with Gasteiger partial charge in [0.15, 0.2) is 6.10 Å². The van der Waals surface area contributed by atoms with Gasteiger partial charge in [-0.3, -0.25) is 14.4 Å². The maximum absolute atomic E-state index is 12.8. The lowest BCUT2D eigenvalue weighted by Crippen LogP contribution is -2.30. The highest BCUT2D eigenvalue weighted by Crippen LogP contribution is 2.14. The van der Waals surface area contributed by atoms with E-state index in [9.17, 15) is 14.4 Å². The van der Waals surface area contributed by atoms with Gasteiger partial charge in [-0.2, -0.15) is 0 Å². The van der Waals surface area contributed by atoms with Crippen LogP contribution in [0.5, 0.6) is 0 Å². The molecule has 0 rings (SSSR count). The van der Waals surface area contributed by atoms with E-state index in [4.69, 9.17) is 14.2 Å². The van der Waals surface area contributed by atoms with Gasteiger partial charge in [0.2, 0.25) is 0 Å². The summed E-state index contributed by atoms with van der Waals surface area (Å²) in [5.74, 6) is -0.983. The molecule has 1 atom stereocenters. The molecule has 0 aromatic carbocycles. The van der Waals surface area contributed by atoms with Crippen molar-refractivity contribution in [2.45, 2.75) is 219 Å². The quantitative estimate of drug-likeness (QED) is 0.0199. The van der Waals surface area contributed by atoms with Crippen molar-refractivity contribution < 1.29 is 28.6 Å². The monoisotopic (exact) mass is 899 g/mol. The van der Waals surface area contributed by atoms with E-state index in [1.165, 1.54) is 77.0 Å². The molecule has 0 heterocycles. The molecule has 0 aliphatic carbocycles. The Balaban J connectivity index is 4.52. The maximum Gasteiger partial charge on any atom is 0.306 e. The average molecular weight is 899 g/mol. The Kier molecular flexibility index (Phi) is 49.1. The van der Waals surface area contributed by atoms with Crippen LogP contribution in [0.3, 0.4) is 0 Å². The Morgan fingerprint density at radius 2 is 0.615 bits per heavy atom. The number of esters is 3. The molecule has 366 valence electrons. The standard InChI is InChI=1S/C59H94O6/c1-4-7-10-13-16-19-22-25-27-29-31-34-37-40-43-46-49-52-58(61)64-55-56(54-63-57(60)51-48-45-42-39-36-33-24-21-18-15-12-9-6-3)65-59(62)53-50-47-44-41-38-35-32-30-28-26-23-20-17-14-11-8-5-2/h7,9-10,12-13,15-16,18-19,21-22,24-29,31,34,37,56H,4-6,8,11,14,17,20,23,30,32-33,35-36,38-55H2,1-3H3/b10-7+,12-9+,16-13+,18-15+,22-19+,24-21+,27-25+,28-26+,31-29+,37-34+. The number of allylic oxidation sites excluding steroid dienone is 20. The van der Waals surface area contributed by atoms with E-state index in [2.05, 4.69) is 81.5 Å². The van der Waals surface area contributed by atoms with Crippen molar-refractivity contribution >= 4 is 17.9 Å². The maximum atomic E-state index is 12.8. The van der Waals surface area contributed by atoms with Crippen LogP contribution < -0.4 is 0 Å². The Morgan fingerprint density at radius 3 is 1.00 bits per heavy atom. The van der Waals surface area contributed by atoms with E-state index in [0.29, 0.717) is 19.3 Å². The third-order valence-electron chi connectivity index (χ3n) is 10.7. The molecule has 0 spiro atoms. The van der Waals surface area contributed by atoms with Gasteiger partial charge in [-0.05, 0) is 83.5 Å². The highest BCUT2D eigenvalue weighted by Gasteiger charge is 2.19. The first-order valence-electron chi connectivity index (χ1n) is 26.2. The molecule has 0 aromatic rings. The fraction of sp³-hybridized carbons (Fsp3) is 0.610. The van der Waals surface area contributed by atoms with Gasteiger partial charge in [0, 0.05) is 19.3 Å². The number of unbranched alkanes of at least 4 members (excludes halogenated alkanes) is 21. The summed E-state index contributed by atoms with van der Waals surface area (Å²) in [4.78, 5) is 38.0. The van der Waals surface area contributed by atoms with Crippen molar-refractivity contribution in [2.75, 3.05) is 13.2 Å².